The molecule has 4 N–H and O–H groups in total. The van der Waals surface area contributed by atoms with Crippen LogP contribution in [0.4, 0.5) is 0 Å². The zero-order chi connectivity index (χ0) is 33.3. The minimum atomic E-state index is -0.659. The zero-order valence-electron chi connectivity index (χ0n) is 31.3. The van der Waals surface area contributed by atoms with Gasteiger partial charge in [0.05, 0.1) is 56.9 Å². The van der Waals surface area contributed by atoms with Crippen LogP contribution in [-0.2, 0) is 33.2 Å². The molecule has 4 radical (unpaired) electrons. The summed E-state index contributed by atoms with van der Waals surface area (Å²) in [4.78, 5) is 0. The van der Waals surface area contributed by atoms with Gasteiger partial charge in [0, 0.05) is 194 Å². The molecule has 0 spiro atoms. The molecule has 4 heterocycles. The van der Waals surface area contributed by atoms with Crippen molar-refractivity contribution in [1.82, 2.24) is 0 Å². The molecular formula is C34H62Ac4O11. The van der Waals surface area contributed by atoms with E-state index in [9.17, 15) is 20.4 Å². The number of aliphatic hydroxyl groups excluding tert-OH is 4. The van der Waals surface area contributed by atoms with Crippen LogP contribution in [0.3, 0.4) is 0 Å². The minimum absolute atomic E-state index is 0. The first-order valence-electron chi connectivity index (χ1n) is 17.3. The van der Waals surface area contributed by atoms with Crippen molar-refractivity contribution in [1.29, 1.82) is 0 Å². The van der Waals surface area contributed by atoms with E-state index in [1.54, 1.807) is 0 Å². The van der Waals surface area contributed by atoms with E-state index in [1.807, 2.05) is 13.8 Å². The summed E-state index contributed by atoms with van der Waals surface area (Å²) in [6.45, 7) is 20.1. The Kier molecular flexibility index (Phi) is 27.8. The molecule has 276 valence electrons. The quantitative estimate of drug-likeness (QED) is 0.257. The number of aliphatic hydroxyl groups is 4. The molecule has 4 fully saturated rings. The van der Waals surface area contributed by atoms with Gasteiger partial charge in [-0.2, -0.15) is 0 Å². The molecule has 4 saturated heterocycles. The van der Waals surface area contributed by atoms with Gasteiger partial charge in [-0.25, -0.2) is 0 Å². The van der Waals surface area contributed by atoms with Crippen molar-refractivity contribution in [3.05, 3.63) is 0 Å². The van der Waals surface area contributed by atoms with Gasteiger partial charge in [0.25, 0.3) is 0 Å². The topological polar surface area (TPSA) is 146 Å². The first-order valence-corrected chi connectivity index (χ1v) is 17.3. The Labute approximate surface area is 438 Å². The third-order valence-electron chi connectivity index (χ3n) is 12.3. The maximum Gasteiger partial charge on any atom is 0.161 e. The van der Waals surface area contributed by atoms with Crippen molar-refractivity contribution in [3.8, 4) is 0 Å². The summed E-state index contributed by atoms with van der Waals surface area (Å²) in [5.41, 5.74) is 0. The molecule has 11 nitrogen and oxygen atoms in total. The first-order chi connectivity index (χ1) is 21.3. The largest absolute Gasteiger partial charge is 0.394 e. The molecule has 0 amide bonds. The average molecular weight is 1550 g/mol. The number of hydrogen-bond donors (Lipinski definition) is 4. The zero-order valence-corrected chi connectivity index (χ0v) is 50.3. The van der Waals surface area contributed by atoms with Crippen LogP contribution in [0.25, 0.3) is 0 Å². The van der Waals surface area contributed by atoms with E-state index < -0.39 is 49.4 Å². The van der Waals surface area contributed by atoms with Crippen LogP contribution in [0.15, 0.2) is 0 Å². The molecule has 0 aromatic carbocycles. The molecule has 49 heavy (non-hydrogen) atoms. The molecule has 0 aliphatic carbocycles. The molecule has 4 aliphatic heterocycles. The monoisotopic (exact) mass is 1550 g/mol. The fraction of sp³-hybridized carbons (Fsp3) is 1.00. The summed E-state index contributed by atoms with van der Waals surface area (Å²) in [5, 5.41) is 40.8. The summed E-state index contributed by atoms with van der Waals surface area (Å²) in [6.07, 6.45) is -5.12. The Hall–Kier alpha value is 5.33. The molecule has 4 aliphatic rings. The fourth-order valence-electron chi connectivity index (χ4n) is 7.76. The predicted octanol–water partition coefficient (Wildman–Crippen LogP) is 2.80. The first kappa shape index (κ1) is 54.3. The molecule has 15 heteroatoms. The second-order valence-electron chi connectivity index (χ2n) is 14.8. The van der Waals surface area contributed by atoms with Crippen LogP contribution >= 0.6 is 0 Å². The molecule has 0 aromatic heterocycles. The minimum Gasteiger partial charge on any atom is -0.394 e. The molecule has 0 saturated carbocycles. The summed E-state index contributed by atoms with van der Waals surface area (Å²) < 4.78 is 44.7. The number of hydrogen-bond acceptors (Lipinski definition) is 11. The second-order valence-corrected chi connectivity index (χ2v) is 14.8. The Morgan fingerprint density at radius 2 is 0.633 bits per heavy atom. The van der Waals surface area contributed by atoms with Gasteiger partial charge in [-0.05, 0) is 42.4 Å². The molecular weight excluding hydrogens is 1490 g/mol. The molecule has 4 rings (SSSR count). The molecule has 0 aromatic rings. The third kappa shape index (κ3) is 12.7. The van der Waals surface area contributed by atoms with Gasteiger partial charge in [0.15, 0.2) is 18.9 Å². The summed E-state index contributed by atoms with van der Waals surface area (Å²) in [7, 11) is 0. The van der Waals surface area contributed by atoms with Gasteiger partial charge >= 0.3 is 0 Å². The van der Waals surface area contributed by atoms with Crippen LogP contribution in [0.2, 0.25) is 0 Å². The van der Waals surface area contributed by atoms with Gasteiger partial charge in [0.2, 0.25) is 0 Å². The normalized spacial score (nSPS) is 48.6. The van der Waals surface area contributed by atoms with Gasteiger partial charge < -0.3 is 53.6 Å². The van der Waals surface area contributed by atoms with E-state index in [4.69, 9.17) is 33.2 Å². The standard InChI is InChI=1S/C34H62O11.4Ac/c1-15-17(3)25(11-35)40-32(21(15)7)44-30-19(5)23(9)34(42-27(30)13-37)45-31-20(6)22(8)33(41-28(31)14-38)43-29-18(4)16(2)24(10)39-26(29)12-36;;;;/h15-38H,11-14H2,1-10H3;;;;/t15-,16?,17+,18+,19+,20+,21?,22?,23?,24-,25?,26?,27?,28?,29+,30+,31+,32-,33-,34-;;;;/m0..../s1. The maximum absolute atomic E-state index is 10.4. The van der Waals surface area contributed by atoms with Gasteiger partial charge in [0.1, 0.15) is 18.3 Å². The van der Waals surface area contributed by atoms with Gasteiger partial charge in [-0.3, -0.25) is 0 Å². The van der Waals surface area contributed by atoms with Crippen molar-refractivity contribution in [2.45, 2.75) is 137 Å². The average Bonchev–Trinajstić information content (AvgIpc) is 3.03. The van der Waals surface area contributed by atoms with E-state index in [2.05, 4.69) is 55.4 Å². The summed E-state index contributed by atoms with van der Waals surface area (Å²) >= 11 is 0. The van der Waals surface area contributed by atoms with Crippen molar-refractivity contribution in [2.24, 2.45) is 53.3 Å². The van der Waals surface area contributed by atoms with Crippen LogP contribution in [-0.4, -0.2) is 115 Å². The maximum atomic E-state index is 10.4. The van der Waals surface area contributed by atoms with E-state index in [0.29, 0.717) is 0 Å². The van der Waals surface area contributed by atoms with Crippen molar-refractivity contribution < 1.29 is 230 Å². The van der Waals surface area contributed by atoms with Crippen LogP contribution in [0, 0.1) is 230 Å². The number of rotatable bonds is 10. The van der Waals surface area contributed by atoms with E-state index in [0.717, 1.165) is 0 Å². The van der Waals surface area contributed by atoms with Crippen LogP contribution in [0.1, 0.15) is 69.2 Å². The van der Waals surface area contributed by atoms with Crippen molar-refractivity contribution in [3.63, 3.8) is 0 Å². The SMILES string of the molecule is CC1[C@H](O[C@H]2C(CO)O[C@@H](O[C@H]3C(CO)O[C@@H](O[C@H]4C(CO)O[C@@H](C)C(C)[C@H]4C)C(C)[C@H]3C)C(C)[C@H]2C)OC(CO)[C@H](C)[C@@H]1C.[Ac].[Ac].[Ac].[Ac]. The molecule has 0 bridgehead atoms. The Morgan fingerprint density at radius 1 is 0.347 bits per heavy atom. The smallest absolute Gasteiger partial charge is 0.161 e. The Morgan fingerprint density at radius 3 is 0.980 bits per heavy atom. The third-order valence-corrected chi connectivity index (χ3v) is 12.3. The van der Waals surface area contributed by atoms with Gasteiger partial charge in [-0.1, -0.05) is 62.3 Å². The van der Waals surface area contributed by atoms with Crippen molar-refractivity contribution in [2.75, 3.05) is 26.4 Å². The van der Waals surface area contributed by atoms with Crippen LogP contribution < -0.4 is 0 Å². The Balaban J connectivity index is 0.00000576. The van der Waals surface area contributed by atoms with Gasteiger partial charge in [-0.15, -0.1) is 0 Å². The summed E-state index contributed by atoms with van der Waals surface area (Å²) in [6, 6.07) is 0. The van der Waals surface area contributed by atoms with E-state index in [1.165, 1.54) is 0 Å². The molecule has 20 atom stereocenters. The van der Waals surface area contributed by atoms with E-state index >= 15 is 0 Å². The predicted molar refractivity (Wildman–Crippen MR) is 166 cm³/mol. The summed E-state index contributed by atoms with van der Waals surface area (Å²) in [5.74, 6) is 0.669. The molecule has 8 unspecified atom stereocenters. The second kappa shape index (κ2) is 25.1. The number of ether oxygens (including phenoxy) is 7. The Bertz CT molecular complexity index is 921. The van der Waals surface area contributed by atoms with E-state index in [-0.39, 0.29) is 274 Å². The van der Waals surface area contributed by atoms with Crippen molar-refractivity contribution >= 4 is 0 Å². The van der Waals surface area contributed by atoms with Crippen LogP contribution in [0.5, 0.6) is 0 Å². The fourth-order valence-corrected chi connectivity index (χ4v) is 7.76.